The van der Waals surface area contributed by atoms with Gasteiger partial charge in [-0.3, -0.25) is 9.48 Å². The summed E-state index contributed by atoms with van der Waals surface area (Å²) < 4.78 is 7.57. The molecule has 6 heteroatoms. The summed E-state index contributed by atoms with van der Waals surface area (Å²) in [5.74, 6) is 1.16. The van der Waals surface area contributed by atoms with Crippen LogP contribution in [0.3, 0.4) is 0 Å². The van der Waals surface area contributed by atoms with E-state index in [9.17, 15) is 4.79 Å². The van der Waals surface area contributed by atoms with Gasteiger partial charge in [0.1, 0.15) is 5.75 Å². The van der Waals surface area contributed by atoms with E-state index in [1.165, 1.54) is 12.8 Å². The number of carbonyl (C=O) groups is 1. The summed E-state index contributed by atoms with van der Waals surface area (Å²) in [6, 6.07) is 11.1. The molecule has 3 aromatic rings. The Morgan fingerprint density at radius 2 is 2.00 bits per heavy atom. The molecule has 2 aromatic carbocycles. The number of nitrogens with zero attached hydrogens (tertiary/aromatic N) is 2. The molecule has 0 atom stereocenters. The molecule has 28 heavy (non-hydrogen) atoms. The minimum atomic E-state index is -0.228. The van der Waals surface area contributed by atoms with Gasteiger partial charge in [-0.15, -0.1) is 0 Å². The molecule has 4 rings (SSSR count). The fourth-order valence-corrected chi connectivity index (χ4v) is 4.05. The van der Waals surface area contributed by atoms with Gasteiger partial charge in [0, 0.05) is 28.2 Å². The fourth-order valence-electron chi connectivity index (χ4n) is 3.86. The summed E-state index contributed by atoms with van der Waals surface area (Å²) in [6.45, 7) is 2.32. The van der Waals surface area contributed by atoms with Gasteiger partial charge in [-0.2, -0.15) is 5.10 Å². The third-order valence-corrected chi connectivity index (χ3v) is 5.77. The van der Waals surface area contributed by atoms with Gasteiger partial charge in [-0.1, -0.05) is 24.6 Å². The Morgan fingerprint density at radius 3 is 2.71 bits per heavy atom. The van der Waals surface area contributed by atoms with Crippen LogP contribution in [0.5, 0.6) is 5.75 Å². The first-order valence-electron chi connectivity index (χ1n) is 9.67. The average Bonchev–Trinajstić information content (AvgIpc) is 3.10. The second kappa shape index (κ2) is 7.84. The van der Waals surface area contributed by atoms with Crippen molar-refractivity contribution < 1.29 is 9.53 Å². The van der Waals surface area contributed by atoms with Gasteiger partial charge in [-0.05, 0) is 55.9 Å². The molecule has 1 N–H and O–H groups in total. The first kappa shape index (κ1) is 18.8. The van der Waals surface area contributed by atoms with E-state index in [2.05, 4.69) is 23.1 Å². The minimum absolute atomic E-state index is 0.228. The summed E-state index contributed by atoms with van der Waals surface area (Å²) in [5, 5.41) is 9.21. The van der Waals surface area contributed by atoms with Crippen LogP contribution in [0.25, 0.3) is 10.9 Å². The molecule has 1 aromatic heterocycles. The summed E-state index contributed by atoms with van der Waals surface area (Å²) in [4.78, 5) is 12.6. The Labute approximate surface area is 169 Å². The minimum Gasteiger partial charge on any atom is -0.494 e. The van der Waals surface area contributed by atoms with E-state index in [1.54, 1.807) is 31.4 Å². The second-order valence-corrected chi connectivity index (χ2v) is 8.04. The molecular weight excluding hydrogens is 374 g/mol. The number of fused-ring (bicyclic) bond motifs is 1. The van der Waals surface area contributed by atoms with E-state index >= 15 is 0 Å². The van der Waals surface area contributed by atoms with Crippen molar-refractivity contribution in [2.45, 2.75) is 38.6 Å². The molecule has 0 aliphatic heterocycles. The lowest BCUT2D eigenvalue weighted by atomic mass is 9.87. The van der Waals surface area contributed by atoms with Crippen molar-refractivity contribution in [2.24, 2.45) is 5.92 Å². The molecule has 1 aliphatic carbocycles. The summed E-state index contributed by atoms with van der Waals surface area (Å²) >= 11 is 6.00. The van der Waals surface area contributed by atoms with Gasteiger partial charge in [0.05, 0.1) is 24.4 Å². The number of benzene rings is 2. The van der Waals surface area contributed by atoms with Crippen LogP contribution in [-0.4, -0.2) is 22.8 Å². The Hall–Kier alpha value is -2.53. The highest BCUT2D eigenvalue weighted by molar-refractivity contribution is 6.31. The lowest BCUT2D eigenvalue weighted by Crippen LogP contribution is -2.16. The maximum Gasteiger partial charge on any atom is 0.255 e. The van der Waals surface area contributed by atoms with Gasteiger partial charge in [0.2, 0.25) is 0 Å². The number of methoxy groups -OCH3 is 1. The van der Waals surface area contributed by atoms with Crippen molar-refractivity contribution >= 4 is 34.1 Å². The normalized spacial score (nSPS) is 19.5. The molecule has 146 valence electrons. The number of halogens is 1. The summed E-state index contributed by atoms with van der Waals surface area (Å²) in [7, 11) is 1.59. The molecule has 1 amide bonds. The van der Waals surface area contributed by atoms with Crippen molar-refractivity contribution in [3.05, 3.63) is 53.2 Å². The zero-order valence-corrected chi connectivity index (χ0v) is 16.9. The number of hydrogen-bond acceptors (Lipinski definition) is 3. The van der Waals surface area contributed by atoms with Crippen LogP contribution in [-0.2, 0) is 0 Å². The Kier molecular flexibility index (Phi) is 5.27. The fraction of sp³-hybridized carbons (Fsp3) is 0.364. The predicted octanol–water partition coefficient (Wildman–Crippen LogP) is 5.70. The van der Waals surface area contributed by atoms with Gasteiger partial charge in [-0.25, -0.2) is 0 Å². The third-order valence-electron chi connectivity index (χ3n) is 5.54. The Balaban J connectivity index is 1.62. The number of aromatic nitrogens is 2. The third kappa shape index (κ3) is 3.85. The molecule has 0 unspecified atom stereocenters. The van der Waals surface area contributed by atoms with Crippen molar-refractivity contribution in [3.8, 4) is 5.75 Å². The highest BCUT2D eigenvalue weighted by Crippen LogP contribution is 2.34. The van der Waals surface area contributed by atoms with Crippen LogP contribution in [0.1, 0.15) is 49.0 Å². The van der Waals surface area contributed by atoms with Crippen LogP contribution in [0, 0.1) is 5.92 Å². The van der Waals surface area contributed by atoms with Crippen molar-refractivity contribution in [1.82, 2.24) is 9.78 Å². The zero-order valence-electron chi connectivity index (χ0n) is 16.1. The highest BCUT2D eigenvalue weighted by atomic mass is 35.5. The lowest BCUT2D eigenvalue weighted by Gasteiger charge is -2.26. The number of amides is 1. The molecule has 0 bridgehead atoms. The van der Waals surface area contributed by atoms with Crippen molar-refractivity contribution in [3.63, 3.8) is 0 Å². The van der Waals surface area contributed by atoms with Gasteiger partial charge >= 0.3 is 0 Å². The van der Waals surface area contributed by atoms with Crippen LogP contribution < -0.4 is 10.1 Å². The quantitative estimate of drug-likeness (QED) is 0.614. The van der Waals surface area contributed by atoms with Crippen LogP contribution in [0.4, 0.5) is 5.69 Å². The topological polar surface area (TPSA) is 56.1 Å². The first-order chi connectivity index (χ1) is 13.5. The molecule has 0 radical (unpaired) electrons. The van der Waals surface area contributed by atoms with Gasteiger partial charge in [0.25, 0.3) is 5.91 Å². The molecule has 0 spiro atoms. The van der Waals surface area contributed by atoms with E-state index < -0.39 is 0 Å². The first-order valence-corrected chi connectivity index (χ1v) is 10.0. The second-order valence-electron chi connectivity index (χ2n) is 7.60. The maximum atomic E-state index is 12.6. The van der Waals surface area contributed by atoms with Crippen LogP contribution in [0.2, 0.25) is 5.02 Å². The average molecular weight is 398 g/mol. The van der Waals surface area contributed by atoms with E-state index in [1.807, 2.05) is 12.1 Å². The molecule has 1 saturated carbocycles. The zero-order chi connectivity index (χ0) is 19.7. The van der Waals surface area contributed by atoms with Crippen LogP contribution in [0.15, 0.2) is 42.6 Å². The monoisotopic (exact) mass is 397 g/mol. The number of hydrogen-bond donors (Lipinski definition) is 1. The molecular formula is C22H24ClN3O2. The number of ether oxygens (including phenoxy) is 1. The summed E-state index contributed by atoms with van der Waals surface area (Å²) in [5.41, 5.74) is 2.00. The number of rotatable bonds is 4. The number of anilines is 1. The van der Waals surface area contributed by atoms with Gasteiger partial charge < -0.3 is 10.1 Å². The SMILES string of the molecule is COc1cc2nn(C3CCC(C)CC3)cc2cc1NC(=O)c1cccc(Cl)c1. The predicted molar refractivity (Wildman–Crippen MR) is 112 cm³/mol. The van der Waals surface area contributed by atoms with Crippen molar-refractivity contribution in [1.29, 1.82) is 0 Å². The number of nitrogens with one attached hydrogen (secondary N) is 1. The molecule has 1 aliphatic rings. The Morgan fingerprint density at radius 1 is 1.21 bits per heavy atom. The van der Waals surface area contributed by atoms with E-state index in [-0.39, 0.29) is 5.91 Å². The number of carbonyl (C=O) groups excluding carboxylic acids is 1. The standard InChI is InChI=1S/C22H24ClN3O2/c1-14-6-8-18(9-7-14)26-13-16-11-20(21(28-2)12-19(16)25-26)24-22(27)15-4-3-5-17(23)10-15/h3-5,10-14,18H,6-9H2,1-2H3,(H,24,27). The molecule has 1 fully saturated rings. The summed E-state index contributed by atoms with van der Waals surface area (Å²) in [6.07, 6.45) is 6.87. The van der Waals surface area contributed by atoms with E-state index in [0.29, 0.717) is 28.1 Å². The highest BCUT2D eigenvalue weighted by Gasteiger charge is 2.21. The lowest BCUT2D eigenvalue weighted by molar-refractivity contribution is 0.102. The van der Waals surface area contributed by atoms with E-state index in [4.69, 9.17) is 21.4 Å². The van der Waals surface area contributed by atoms with Gasteiger partial charge in [0.15, 0.2) is 0 Å². The largest absolute Gasteiger partial charge is 0.494 e. The maximum absolute atomic E-state index is 12.6. The molecule has 0 saturated heterocycles. The van der Waals surface area contributed by atoms with E-state index in [0.717, 1.165) is 29.7 Å². The van der Waals surface area contributed by atoms with Crippen molar-refractivity contribution in [2.75, 3.05) is 12.4 Å². The molecule has 5 nitrogen and oxygen atoms in total. The molecule has 1 heterocycles. The smallest absolute Gasteiger partial charge is 0.255 e. The van der Waals surface area contributed by atoms with Crippen LogP contribution >= 0.6 is 11.6 Å². The Bertz CT molecular complexity index is 1010.